The molecular weight excluding hydrogens is 454 g/mol. The number of amides is 1. The van der Waals surface area contributed by atoms with Crippen LogP contribution in [0, 0.1) is 6.92 Å². The van der Waals surface area contributed by atoms with Gasteiger partial charge in [0, 0.05) is 17.8 Å². The Labute approximate surface area is 197 Å². The number of hydrogen-bond acceptors (Lipinski definition) is 5. The van der Waals surface area contributed by atoms with Crippen molar-refractivity contribution in [2.75, 3.05) is 11.9 Å². The first-order chi connectivity index (χ1) is 15.9. The molecule has 1 amide bonds. The summed E-state index contributed by atoms with van der Waals surface area (Å²) in [5, 5.41) is 3.81. The van der Waals surface area contributed by atoms with E-state index in [0.29, 0.717) is 25.1 Å². The zero-order valence-corrected chi connectivity index (χ0v) is 19.7. The number of nitrogens with one attached hydrogen (secondary N) is 1. The Hall–Kier alpha value is -3.07. The van der Waals surface area contributed by atoms with Gasteiger partial charge in [0.2, 0.25) is 15.9 Å². The van der Waals surface area contributed by atoms with Gasteiger partial charge in [-0.1, -0.05) is 29.8 Å². The lowest BCUT2D eigenvalue weighted by Crippen LogP contribution is -2.43. The maximum absolute atomic E-state index is 13.1. The molecule has 168 valence electrons. The monoisotopic (exact) mass is 477 g/mol. The zero-order chi connectivity index (χ0) is 23.0. The molecule has 5 rings (SSSR count). The lowest BCUT2D eigenvalue weighted by atomic mass is 10.2. The fraction of sp³-hybridized carbons (Fsp3) is 0.200. The van der Waals surface area contributed by atoms with Crippen LogP contribution in [0.15, 0.2) is 77.7 Å². The Bertz CT molecular complexity index is 1380. The number of sulfonamides is 1. The number of carbonyl (C=O) groups is 1. The van der Waals surface area contributed by atoms with E-state index < -0.39 is 16.1 Å². The SMILES string of the molecule is Cc1ccc(S(=O)(=O)N2CCCC2C(=O)Nc2ccc(-c3nc4ccccc4s3)cc2)cc1. The van der Waals surface area contributed by atoms with Gasteiger partial charge in [-0.05, 0) is 68.3 Å². The number of para-hydroxylation sites is 1. The van der Waals surface area contributed by atoms with Gasteiger partial charge >= 0.3 is 0 Å². The minimum atomic E-state index is -3.73. The van der Waals surface area contributed by atoms with Crippen molar-refractivity contribution in [3.63, 3.8) is 0 Å². The highest BCUT2D eigenvalue weighted by molar-refractivity contribution is 7.89. The molecule has 1 saturated heterocycles. The minimum absolute atomic E-state index is 0.216. The number of nitrogens with zero attached hydrogens (tertiary/aromatic N) is 2. The predicted molar refractivity (Wildman–Crippen MR) is 132 cm³/mol. The van der Waals surface area contributed by atoms with E-state index in [4.69, 9.17) is 0 Å². The molecule has 1 aromatic heterocycles. The van der Waals surface area contributed by atoms with Crippen LogP contribution < -0.4 is 5.32 Å². The minimum Gasteiger partial charge on any atom is -0.325 e. The van der Waals surface area contributed by atoms with Crippen molar-refractivity contribution in [1.82, 2.24) is 9.29 Å². The van der Waals surface area contributed by atoms with E-state index >= 15 is 0 Å². The molecule has 33 heavy (non-hydrogen) atoms. The molecule has 1 aliphatic heterocycles. The molecule has 0 spiro atoms. The van der Waals surface area contributed by atoms with Gasteiger partial charge in [-0.25, -0.2) is 13.4 Å². The first kappa shape index (κ1) is 21.8. The van der Waals surface area contributed by atoms with E-state index in [0.717, 1.165) is 26.4 Å². The Morgan fingerprint density at radius 1 is 1.03 bits per heavy atom. The number of anilines is 1. The van der Waals surface area contributed by atoms with Crippen LogP contribution >= 0.6 is 11.3 Å². The molecule has 0 radical (unpaired) electrons. The van der Waals surface area contributed by atoms with Crippen molar-refractivity contribution in [2.45, 2.75) is 30.7 Å². The van der Waals surface area contributed by atoms with E-state index in [1.807, 2.05) is 55.5 Å². The summed E-state index contributed by atoms with van der Waals surface area (Å²) in [5.41, 5.74) is 3.55. The second kappa shape index (κ2) is 8.70. The molecule has 2 heterocycles. The van der Waals surface area contributed by atoms with Crippen molar-refractivity contribution in [3.8, 4) is 10.6 Å². The Kier molecular flexibility index (Phi) is 5.74. The molecule has 4 aromatic rings. The molecule has 6 nitrogen and oxygen atoms in total. The van der Waals surface area contributed by atoms with E-state index in [2.05, 4.69) is 10.3 Å². The highest BCUT2D eigenvalue weighted by Crippen LogP contribution is 2.31. The van der Waals surface area contributed by atoms with Crippen LogP contribution in [0.4, 0.5) is 5.69 Å². The van der Waals surface area contributed by atoms with Crippen LogP contribution in [-0.4, -0.2) is 36.2 Å². The number of aryl methyl sites for hydroxylation is 1. The Morgan fingerprint density at radius 3 is 2.48 bits per heavy atom. The molecule has 1 fully saturated rings. The third-order valence-corrected chi connectivity index (χ3v) is 8.84. The molecule has 0 aliphatic carbocycles. The number of rotatable bonds is 5. The normalized spacial score (nSPS) is 16.8. The van der Waals surface area contributed by atoms with Gasteiger partial charge in [0.15, 0.2) is 0 Å². The lowest BCUT2D eigenvalue weighted by molar-refractivity contribution is -0.119. The molecule has 0 saturated carbocycles. The Balaban J connectivity index is 1.32. The molecule has 3 aromatic carbocycles. The largest absolute Gasteiger partial charge is 0.325 e. The predicted octanol–water partition coefficient (Wildman–Crippen LogP) is 5.06. The van der Waals surface area contributed by atoms with Gasteiger partial charge in [-0.3, -0.25) is 4.79 Å². The summed E-state index contributed by atoms with van der Waals surface area (Å²) in [5.74, 6) is -0.309. The van der Waals surface area contributed by atoms with Crippen molar-refractivity contribution in [3.05, 3.63) is 78.4 Å². The van der Waals surface area contributed by atoms with Crippen LogP contribution in [0.3, 0.4) is 0 Å². The molecule has 1 aliphatic rings. The number of aromatic nitrogens is 1. The van der Waals surface area contributed by atoms with Crippen LogP contribution in [0.25, 0.3) is 20.8 Å². The van der Waals surface area contributed by atoms with E-state index in [9.17, 15) is 13.2 Å². The summed E-state index contributed by atoms with van der Waals surface area (Å²) in [7, 11) is -3.73. The van der Waals surface area contributed by atoms with Gasteiger partial charge in [0.1, 0.15) is 11.0 Å². The number of hydrogen-bond donors (Lipinski definition) is 1. The van der Waals surface area contributed by atoms with E-state index in [1.165, 1.54) is 4.31 Å². The highest BCUT2D eigenvalue weighted by atomic mass is 32.2. The number of carbonyl (C=O) groups excluding carboxylic acids is 1. The van der Waals surface area contributed by atoms with E-state index in [-0.39, 0.29) is 10.8 Å². The average molecular weight is 478 g/mol. The molecular formula is C25H23N3O3S2. The first-order valence-electron chi connectivity index (χ1n) is 10.8. The van der Waals surface area contributed by atoms with Gasteiger partial charge in [0.05, 0.1) is 15.1 Å². The summed E-state index contributed by atoms with van der Waals surface area (Å²) in [6.45, 7) is 2.25. The standard InChI is InChI=1S/C25H23N3O3S2/c1-17-8-14-20(15-9-17)33(30,31)28-16-4-6-22(28)24(29)26-19-12-10-18(11-13-19)25-27-21-5-2-3-7-23(21)32-25/h2-3,5,7-15,22H,4,6,16H2,1H3,(H,26,29). The molecule has 1 unspecified atom stereocenters. The van der Waals surface area contributed by atoms with Gasteiger partial charge in [0.25, 0.3) is 0 Å². The molecule has 0 bridgehead atoms. The second-order valence-corrected chi connectivity index (χ2v) is 11.1. The fourth-order valence-electron chi connectivity index (χ4n) is 4.05. The summed E-state index contributed by atoms with van der Waals surface area (Å²) in [6, 6.07) is 21.5. The Morgan fingerprint density at radius 2 is 1.76 bits per heavy atom. The third-order valence-electron chi connectivity index (χ3n) is 5.83. The molecule has 8 heteroatoms. The quantitative estimate of drug-likeness (QED) is 0.436. The summed E-state index contributed by atoms with van der Waals surface area (Å²) < 4.78 is 28.7. The number of benzene rings is 3. The maximum atomic E-state index is 13.1. The average Bonchev–Trinajstić information content (AvgIpc) is 3.48. The van der Waals surface area contributed by atoms with Crippen molar-refractivity contribution in [2.24, 2.45) is 0 Å². The fourth-order valence-corrected chi connectivity index (χ4v) is 6.68. The zero-order valence-electron chi connectivity index (χ0n) is 18.1. The summed E-state index contributed by atoms with van der Waals surface area (Å²) in [6.07, 6.45) is 1.15. The first-order valence-corrected chi connectivity index (χ1v) is 13.0. The molecule has 1 N–H and O–H groups in total. The summed E-state index contributed by atoms with van der Waals surface area (Å²) >= 11 is 1.62. The number of thiazole rings is 1. The van der Waals surface area contributed by atoms with Crippen LogP contribution in [-0.2, 0) is 14.8 Å². The topological polar surface area (TPSA) is 79.4 Å². The van der Waals surface area contributed by atoms with Crippen molar-refractivity contribution >= 4 is 43.2 Å². The maximum Gasteiger partial charge on any atom is 0.243 e. The number of fused-ring (bicyclic) bond motifs is 1. The second-order valence-electron chi connectivity index (χ2n) is 8.14. The van der Waals surface area contributed by atoms with Gasteiger partial charge < -0.3 is 5.32 Å². The summed E-state index contributed by atoms with van der Waals surface area (Å²) in [4.78, 5) is 17.9. The lowest BCUT2D eigenvalue weighted by Gasteiger charge is -2.23. The van der Waals surface area contributed by atoms with Crippen molar-refractivity contribution < 1.29 is 13.2 Å². The molecule has 1 atom stereocenters. The van der Waals surface area contributed by atoms with Crippen LogP contribution in [0.5, 0.6) is 0 Å². The van der Waals surface area contributed by atoms with Gasteiger partial charge in [-0.15, -0.1) is 11.3 Å². The smallest absolute Gasteiger partial charge is 0.243 e. The van der Waals surface area contributed by atoms with Crippen LogP contribution in [0.1, 0.15) is 18.4 Å². The highest BCUT2D eigenvalue weighted by Gasteiger charge is 2.39. The van der Waals surface area contributed by atoms with Crippen LogP contribution in [0.2, 0.25) is 0 Å². The van der Waals surface area contributed by atoms with Gasteiger partial charge in [-0.2, -0.15) is 4.31 Å². The third kappa shape index (κ3) is 4.29. The van der Waals surface area contributed by atoms with E-state index in [1.54, 1.807) is 35.6 Å². The van der Waals surface area contributed by atoms with Crippen molar-refractivity contribution in [1.29, 1.82) is 0 Å².